The second kappa shape index (κ2) is 7.32. The molecule has 3 aromatic rings. The molecule has 3 N–H and O–H groups in total. The van der Waals surface area contributed by atoms with Crippen molar-refractivity contribution in [2.75, 3.05) is 10.6 Å². The van der Waals surface area contributed by atoms with Crippen molar-refractivity contribution in [2.24, 2.45) is 0 Å². The number of para-hydroxylation sites is 1. The Labute approximate surface area is 165 Å². The average Bonchev–Trinajstić information content (AvgIpc) is 3.37. The normalized spacial score (nSPS) is 15.3. The third kappa shape index (κ3) is 3.18. The van der Waals surface area contributed by atoms with Crippen LogP contribution in [0.4, 0.5) is 11.5 Å². The quantitative estimate of drug-likeness (QED) is 0.613. The maximum absolute atomic E-state index is 12.9. The molecule has 8 heteroatoms. The van der Waals surface area contributed by atoms with Crippen LogP contribution in [0.3, 0.4) is 0 Å². The number of carbonyl (C=O) groups excluding carboxylic acids is 1. The number of nitrogens with one attached hydrogen (secondary N) is 2. The van der Waals surface area contributed by atoms with Gasteiger partial charge in [0.15, 0.2) is 0 Å². The Kier molecular flexibility index (Phi) is 4.70. The first-order valence-corrected chi connectivity index (χ1v) is 9.68. The zero-order valence-corrected chi connectivity index (χ0v) is 15.9. The number of nitrogens with zero attached hydrogens (tertiary/aromatic N) is 2. The molecule has 28 heavy (non-hydrogen) atoms. The van der Waals surface area contributed by atoms with E-state index in [1.54, 1.807) is 10.8 Å². The summed E-state index contributed by atoms with van der Waals surface area (Å²) in [4.78, 5) is 25.5. The molecule has 0 radical (unpaired) electrons. The largest absolute Gasteiger partial charge is 0.477 e. The predicted molar refractivity (Wildman–Crippen MR) is 108 cm³/mol. The minimum absolute atomic E-state index is 0.0226. The van der Waals surface area contributed by atoms with E-state index in [1.165, 1.54) is 17.5 Å². The predicted octanol–water partition coefficient (Wildman–Crippen LogP) is 3.74. The Morgan fingerprint density at radius 2 is 2.11 bits per heavy atom. The summed E-state index contributed by atoms with van der Waals surface area (Å²) in [5.74, 6) is -1.06. The molecule has 1 amide bonds. The van der Waals surface area contributed by atoms with Crippen molar-refractivity contribution in [3.63, 3.8) is 0 Å². The zero-order chi connectivity index (χ0) is 19.7. The van der Waals surface area contributed by atoms with E-state index in [1.807, 2.05) is 48.7 Å². The molecule has 0 spiro atoms. The number of benzene rings is 1. The smallest absolute Gasteiger partial charge is 0.352 e. The van der Waals surface area contributed by atoms with Gasteiger partial charge in [-0.1, -0.05) is 31.2 Å². The van der Waals surface area contributed by atoms with Gasteiger partial charge in [-0.25, -0.2) is 9.48 Å². The van der Waals surface area contributed by atoms with E-state index < -0.39 is 5.97 Å². The van der Waals surface area contributed by atoms with E-state index in [0.717, 1.165) is 22.5 Å². The SMILES string of the molecule is CCc1ccccc1NC(=O)c1cnn2c1NC(C(=O)O)=C[C@@H]2c1cccs1. The number of aromatic nitrogens is 2. The highest BCUT2D eigenvalue weighted by Crippen LogP contribution is 2.34. The van der Waals surface area contributed by atoms with Crippen molar-refractivity contribution < 1.29 is 14.7 Å². The fraction of sp³-hybridized carbons (Fsp3) is 0.150. The number of hydrogen-bond donors (Lipinski definition) is 3. The number of carboxylic acid groups (broad SMARTS) is 1. The molecule has 1 aromatic carbocycles. The summed E-state index contributed by atoms with van der Waals surface area (Å²) < 4.78 is 1.64. The van der Waals surface area contributed by atoms with Crippen LogP contribution in [0.15, 0.2) is 59.7 Å². The summed E-state index contributed by atoms with van der Waals surface area (Å²) in [6, 6.07) is 11.0. The van der Waals surface area contributed by atoms with Gasteiger partial charge in [-0.3, -0.25) is 4.79 Å². The third-order valence-corrected chi connectivity index (χ3v) is 5.54. The Balaban J connectivity index is 1.71. The van der Waals surface area contributed by atoms with Crippen LogP contribution in [0.5, 0.6) is 0 Å². The molecule has 0 unspecified atom stereocenters. The molecule has 1 aliphatic heterocycles. The first-order chi connectivity index (χ1) is 13.6. The monoisotopic (exact) mass is 394 g/mol. The molecule has 0 saturated heterocycles. The summed E-state index contributed by atoms with van der Waals surface area (Å²) in [7, 11) is 0. The first kappa shape index (κ1) is 18.0. The lowest BCUT2D eigenvalue weighted by atomic mass is 10.1. The second-order valence-electron chi connectivity index (χ2n) is 6.29. The Morgan fingerprint density at radius 3 is 2.82 bits per heavy atom. The van der Waals surface area contributed by atoms with Crippen LogP contribution in [0.25, 0.3) is 0 Å². The molecule has 7 nitrogen and oxygen atoms in total. The van der Waals surface area contributed by atoms with Crippen LogP contribution in [-0.2, 0) is 11.2 Å². The molecule has 0 fully saturated rings. The maximum Gasteiger partial charge on any atom is 0.352 e. The number of aliphatic carboxylic acids is 1. The summed E-state index contributed by atoms with van der Waals surface area (Å²) in [6.07, 6.45) is 3.85. The van der Waals surface area contributed by atoms with Crippen molar-refractivity contribution in [3.8, 4) is 0 Å². The van der Waals surface area contributed by atoms with Crippen LogP contribution in [0, 0.1) is 0 Å². The Hall–Kier alpha value is -3.39. The van der Waals surface area contributed by atoms with Gasteiger partial charge in [0.25, 0.3) is 5.91 Å². The Morgan fingerprint density at radius 1 is 1.29 bits per heavy atom. The number of thiophene rings is 1. The number of fused-ring (bicyclic) bond motifs is 1. The molecule has 0 saturated carbocycles. The molecule has 0 bridgehead atoms. The zero-order valence-electron chi connectivity index (χ0n) is 15.0. The molecular weight excluding hydrogens is 376 g/mol. The van der Waals surface area contributed by atoms with Gasteiger partial charge in [-0.15, -0.1) is 11.3 Å². The highest BCUT2D eigenvalue weighted by atomic mass is 32.1. The third-order valence-electron chi connectivity index (χ3n) is 4.59. The number of hydrogen-bond acceptors (Lipinski definition) is 5. The number of allylic oxidation sites excluding steroid dienone is 1. The van der Waals surface area contributed by atoms with Crippen LogP contribution in [0.1, 0.15) is 33.8 Å². The topological polar surface area (TPSA) is 96.3 Å². The van der Waals surface area contributed by atoms with Crippen LogP contribution >= 0.6 is 11.3 Å². The summed E-state index contributed by atoms with van der Waals surface area (Å²) in [5.41, 5.74) is 2.07. The van der Waals surface area contributed by atoms with Gasteiger partial charge >= 0.3 is 5.97 Å². The lowest BCUT2D eigenvalue weighted by molar-refractivity contribution is -0.132. The lowest BCUT2D eigenvalue weighted by Crippen LogP contribution is -2.25. The summed E-state index contributed by atoms with van der Waals surface area (Å²) in [5, 5.41) is 21.5. The first-order valence-electron chi connectivity index (χ1n) is 8.80. The minimum atomic E-state index is -1.09. The van der Waals surface area contributed by atoms with Crippen molar-refractivity contribution >= 4 is 34.7 Å². The van der Waals surface area contributed by atoms with Crippen molar-refractivity contribution in [1.82, 2.24) is 9.78 Å². The molecule has 1 aliphatic rings. The van der Waals surface area contributed by atoms with E-state index in [4.69, 9.17) is 0 Å². The van der Waals surface area contributed by atoms with E-state index in [9.17, 15) is 14.7 Å². The number of amides is 1. The Bertz CT molecular complexity index is 1070. The summed E-state index contributed by atoms with van der Waals surface area (Å²) >= 11 is 1.51. The average molecular weight is 394 g/mol. The highest BCUT2D eigenvalue weighted by Gasteiger charge is 2.30. The number of carboxylic acids is 1. The van der Waals surface area contributed by atoms with E-state index in [2.05, 4.69) is 15.7 Å². The maximum atomic E-state index is 12.9. The molecule has 142 valence electrons. The molecular formula is C20H18N4O3S. The summed E-state index contributed by atoms with van der Waals surface area (Å²) in [6.45, 7) is 2.02. The van der Waals surface area contributed by atoms with Crippen molar-refractivity contribution in [3.05, 3.63) is 75.8 Å². The van der Waals surface area contributed by atoms with Crippen LogP contribution in [-0.4, -0.2) is 26.8 Å². The lowest BCUT2D eigenvalue weighted by Gasteiger charge is -2.23. The van der Waals surface area contributed by atoms with Gasteiger partial charge in [0.2, 0.25) is 0 Å². The van der Waals surface area contributed by atoms with Gasteiger partial charge in [0, 0.05) is 10.6 Å². The minimum Gasteiger partial charge on any atom is -0.477 e. The molecule has 3 heterocycles. The molecule has 4 rings (SSSR count). The fourth-order valence-corrected chi connectivity index (χ4v) is 3.97. The number of carbonyl (C=O) groups is 2. The number of rotatable bonds is 5. The van der Waals surface area contributed by atoms with Crippen LogP contribution < -0.4 is 10.6 Å². The van der Waals surface area contributed by atoms with E-state index in [0.29, 0.717) is 11.4 Å². The number of anilines is 2. The van der Waals surface area contributed by atoms with Gasteiger partial charge in [0.1, 0.15) is 23.1 Å². The standard InChI is InChI=1S/C20H18N4O3S/c1-2-12-6-3-4-7-14(12)23-19(25)13-11-21-24-16(17-8-5-9-28-17)10-15(20(26)27)22-18(13)24/h3-11,16,22H,2H2,1H3,(H,23,25)(H,26,27)/t16-/m1/s1. The second-order valence-corrected chi connectivity index (χ2v) is 7.27. The highest BCUT2D eigenvalue weighted by molar-refractivity contribution is 7.10. The van der Waals surface area contributed by atoms with E-state index >= 15 is 0 Å². The number of aryl methyl sites for hydroxylation is 1. The van der Waals surface area contributed by atoms with Crippen molar-refractivity contribution in [2.45, 2.75) is 19.4 Å². The van der Waals surface area contributed by atoms with Gasteiger partial charge in [-0.05, 0) is 35.6 Å². The van der Waals surface area contributed by atoms with Gasteiger partial charge in [0.05, 0.1) is 6.20 Å². The molecule has 1 atom stereocenters. The van der Waals surface area contributed by atoms with E-state index in [-0.39, 0.29) is 17.6 Å². The van der Waals surface area contributed by atoms with Crippen molar-refractivity contribution in [1.29, 1.82) is 0 Å². The molecule has 2 aromatic heterocycles. The molecule has 0 aliphatic carbocycles. The van der Waals surface area contributed by atoms with Gasteiger partial charge < -0.3 is 15.7 Å². The van der Waals surface area contributed by atoms with Crippen LogP contribution in [0.2, 0.25) is 0 Å². The fourth-order valence-electron chi connectivity index (χ4n) is 3.19. The van der Waals surface area contributed by atoms with Gasteiger partial charge in [-0.2, -0.15) is 5.10 Å².